The molecule has 7 heteroatoms. The van der Waals surface area contributed by atoms with Crippen molar-refractivity contribution in [3.63, 3.8) is 0 Å². The van der Waals surface area contributed by atoms with E-state index in [-0.39, 0.29) is 17.7 Å². The summed E-state index contributed by atoms with van der Waals surface area (Å²) in [5, 5.41) is 2.07. The van der Waals surface area contributed by atoms with E-state index in [9.17, 15) is 9.59 Å². The van der Waals surface area contributed by atoms with Crippen LogP contribution in [-0.2, 0) is 18.3 Å². The average Bonchev–Trinajstić information content (AvgIpc) is 3.44. The minimum Gasteiger partial charge on any atom is -0.341 e. The van der Waals surface area contributed by atoms with Crippen LogP contribution >= 0.6 is 11.3 Å². The Labute approximate surface area is 187 Å². The van der Waals surface area contributed by atoms with E-state index in [0.717, 1.165) is 18.5 Å². The molecule has 162 valence electrons. The minimum absolute atomic E-state index is 0.107. The highest BCUT2D eigenvalue weighted by molar-refractivity contribution is 7.13. The van der Waals surface area contributed by atoms with Crippen LogP contribution in [0.2, 0.25) is 0 Å². The molecule has 6 nitrogen and oxygen atoms in total. The number of carbonyl (C=O) groups is 2. The number of thiophene rings is 1. The van der Waals surface area contributed by atoms with E-state index in [2.05, 4.69) is 47.6 Å². The highest BCUT2D eigenvalue weighted by Crippen LogP contribution is 2.26. The third-order valence-corrected chi connectivity index (χ3v) is 6.61. The van der Waals surface area contributed by atoms with Crippen molar-refractivity contribution in [3.05, 3.63) is 65.6 Å². The Bertz CT molecular complexity index is 1030. The Hall–Kier alpha value is -2.93. The van der Waals surface area contributed by atoms with Crippen molar-refractivity contribution in [2.75, 3.05) is 26.2 Å². The van der Waals surface area contributed by atoms with Crippen LogP contribution in [0.1, 0.15) is 29.4 Å². The fraction of sp³-hybridized carbons (Fsp3) is 0.375. The topological polar surface area (TPSA) is 58.4 Å². The van der Waals surface area contributed by atoms with Crippen LogP contribution < -0.4 is 0 Å². The SMILES string of the molecule is CCCN1CCN(C(=O)c2cn(C)cn2)C[C@@H](Cc2ccc(-c3cccs3)cc2)C1=O. The summed E-state index contributed by atoms with van der Waals surface area (Å²) in [4.78, 5) is 35.5. The van der Waals surface area contributed by atoms with E-state index in [1.807, 2.05) is 18.0 Å². The molecule has 0 unspecified atom stereocenters. The number of aromatic nitrogens is 2. The molecule has 0 aliphatic carbocycles. The number of aryl methyl sites for hydroxylation is 1. The van der Waals surface area contributed by atoms with Crippen molar-refractivity contribution in [1.82, 2.24) is 19.4 Å². The van der Waals surface area contributed by atoms with Crippen LogP contribution in [0, 0.1) is 5.92 Å². The highest BCUT2D eigenvalue weighted by Gasteiger charge is 2.32. The summed E-state index contributed by atoms with van der Waals surface area (Å²) in [5.74, 6) is -0.223. The maximum atomic E-state index is 13.3. The summed E-state index contributed by atoms with van der Waals surface area (Å²) in [7, 11) is 1.85. The first-order chi connectivity index (χ1) is 15.0. The molecule has 0 N–H and O–H groups in total. The Balaban J connectivity index is 1.53. The monoisotopic (exact) mass is 436 g/mol. The van der Waals surface area contributed by atoms with Crippen LogP contribution in [0.5, 0.6) is 0 Å². The molecule has 0 radical (unpaired) electrons. The molecular weight excluding hydrogens is 408 g/mol. The van der Waals surface area contributed by atoms with Gasteiger partial charge in [0.1, 0.15) is 5.69 Å². The second kappa shape index (κ2) is 9.47. The smallest absolute Gasteiger partial charge is 0.274 e. The normalized spacial score (nSPS) is 17.1. The van der Waals surface area contributed by atoms with Gasteiger partial charge in [-0.2, -0.15) is 0 Å². The Morgan fingerprint density at radius 1 is 1.19 bits per heavy atom. The molecular formula is C24H28N4O2S. The maximum Gasteiger partial charge on any atom is 0.274 e. The molecule has 2 amide bonds. The first kappa shape index (κ1) is 21.3. The van der Waals surface area contributed by atoms with Crippen molar-refractivity contribution in [2.24, 2.45) is 13.0 Å². The van der Waals surface area contributed by atoms with Crippen molar-refractivity contribution in [2.45, 2.75) is 19.8 Å². The van der Waals surface area contributed by atoms with Gasteiger partial charge in [0, 0.05) is 44.3 Å². The van der Waals surface area contributed by atoms with Gasteiger partial charge in [0.05, 0.1) is 12.2 Å². The first-order valence-corrected chi connectivity index (χ1v) is 11.6. The molecule has 4 rings (SSSR count). The molecule has 0 bridgehead atoms. The molecule has 1 fully saturated rings. The number of imidazole rings is 1. The largest absolute Gasteiger partial charge is 0.341 e. The summed E-state index contributed by atoms with van der Waals surface area (Å²) in [6.45, 7) is 4.32. The van der Waals surface area contributed by atoms with Crippen LogP contribution in [0.3, 0.4) is 0 Å². The van der Waals surface area contributed by atoms with E-state index in [0.29, 0.717) is 31.7 Å². The van der Waals surface area contributed by atoms with E-state index in [1.54, 1.807) is 33.3 Å². The average molecular weight is 437 g/mol. The van der Waals surface area contributed by atoms with Crippen LogP contribution in [0.25, 0.3) is 10.4 Å². The second-order valence-electron chi connectivity index (χ2n) is 8.08. The van der Waals surface area contributed by atoms with E-state index in [4.69, 9.17) is 0 Å². The molecule has 1 aliphatic rings. The number of carbonyl (C=O) groups excluding carboxylic acids is 2. The summed E-state index contributed by atoms with van der Waals surface area (Å²) >= 11 is 1.72. The van der Waals surface area contributed by atoms with Crippen molar-refractivity contribution in [1.29, 1.82) is 0 Å². The lowest BCUT2D eigenvalue weighted by molar-refractivity contribution is -0.134. The van der Waals surface area contributed by atoms with Gasteiger partial charge >= 0.3 is 0 Å². The lowest BCUT2D eigenvalue weighted by Gasteiger charge is -2.23. The standard InChI is InChI=1S/C24H28N4O2S/c1-3-10-27-11-12-28(24(30)21-16-26(2)17-25-21)15-20(23(27)29)14-18-6-8-19(9-7-18)22-5-4-13-31-22/h4-9,13,16-17,20H,3,10-12,14-15H2,1-2H3/t20-/m1/s1. The van der Waals surface area contributed by atoms with E-state index < -0.39 is 0 Å². The van der Waals surface area contributed by atoms with Crippen LogP contribution in [0.4, 0.5) is 0 Å². The van der Waals surface area contributed by atoms with Crippen LogP contribution in [0.15, 0.2) is 54.3 Å². The molecule has 31 heavy (non-hydrogen) atoms. The van der Waals surface area contributed by atoms with E-state index in [1.165, 1.54) is 10.4 Å². The van der Waals surface area contributed by atoms with Gasteiger partial charge in [-0.1, -0.05) is 37.3 Å². The molecule has 1 atom stereocenters. The number of hydrogen-bond donors (Lipinski definition) is 0. The predicted octanol–water partition coefficient (Wildman–Crippen LogP) is 3.70. The Kier molecular flexibility index (Phi) is 6.51. The van der Waals surface area contributed by atoms with Crippen molar-refractivity contribution in [3.8, 4) is 10.4 Å². The van der Waals surface area contributed by atoms with Gasteiger partial charge < -0.3 is 14.4 Å². The van der Waals surface area contributed by atoms with Crippen molar-refractivity contribution < 1.29 is 9.59 Å². The van der Waals surface area contributed by atoms with Gasteiger partial charge in [-0.05, 0) is 35.4 Å². The molecule has 0 spiro atoms. The molecule has 2 aromatic heterocycles. The van der Waals surface area contributed by atoms with Crippen LogP contribution in [-0.4, -0.2) is 57.3 Å². The zero-order chi connectivity index (χ0) is 21.8. The molecule has 1 aromatic carbocycles. The number of hydrogen-bond acceptors (Lipinski definition) is 4. The highest BCUT2D eigenvalue weighted by atomic mass is 32.1. The summed E-state index contributed by atoms with van der Waals surface area (Å²) in [6, 6.07) is 12.6. The fourth-order valence-electron chi connectivity index (χ4n) is 4.09. The number of benzene rings is 1. The van der Waals surface area contributed by atoms with Gasteiger partial charge in [0.2, 0.25) is 5.91 Å². The summed E-state index contributed by atoms with van der Waals surface area (Å²) < 4.78 is 1.77. The predicted molar refractivity (Wildman–Crippen MR) is 123 cm³/mol. The summed E-state index contributed by atoms with van der Waals surface area (Å²) in [6.07, 6.45) is 4.89. The number of amides is 2. The van der Waals surface area contributed by atoms with Gasteiger partial charge in [-0.25, -0.2) is 4.98 Å². The van der Waals surface area contributed by atoms with Gasteiger partial charge in [-0.3, -0.25) is 9.59 Å². The molecule has 0 saturated carbocycles. The Morgan fingerprint density at radius 2 is 2.00 bits per heavy atom. The van der Waals surface area contributed by atoms with E-state index >= 15 is 0 Å². The molecule has 3 heterocycles. The third kappa shape index (κ3) is 4.88. The molecule has 1 saturated heterocycles. The maximum absolute atomic E-state index is 13.3. The zero-order valence-electron chi connectivity index (χ0n) is 18.0. The minimum atomic E-state index is -0.255. The molecule has 3 aromatic rings. The third-order valence-electron chi connectivity index (χ3n) is 5.69. The first-order valence-electron chi connectivity index (χ1n) is 10.7. The van der Waals surface area contributed by atoms with Gasteiger partial charge in [-0.15, -0.1) is 11.3 Å². The number of nitrogens with zero attached hydrogens (tertiary/aromatic N) is 4. The lowest BCUT2D eigenvalue weighted by Crippen LogP contribution is -2.38. The van der Waals surface area contributed by atoms with Crippen molar-refractivity contribution >= 4 is 23.2 Å². The lowest BCUT2D eigenvalue weighted by atomic mass is 9.96. The Morgan fingerprint density at radius 3 is 2.65 bits per heavy atom. The molecule has 1 aliphatic heterocycles. The second-order valence-corrected chi connectivity index (χ2v) is 9.02. The fourth-order valence-corrected chi connectivity index (χ4v) is 4.82. The zero-order valence-corrected chi connectivity index (χ0v) is 18.8. The quantitative estimate of drug-likeness (QED) is 0.592. The number of rotatable bonds is 6. The summed E-state index contributed by atoms with van der Waals surface area (Å²) in [5.41, 5.74) is 2.73. The van der Waals surface area contributed by atoms with Gasteiger partial charge in [0.25, 0.3) is 5.91 Å². The van der Waals surface area contributed by atoms with Gasteiger partial charge in [0.15, 0.2) is 0 Å².